The Kier molecular flexibility index (Phi) is 8.16. The maximum absolute atomic E-state index is 13.9. The second-order valence-corrected chi connectivity index (χ2v) is 8.44. The van der Waals surface area contributed by atoms with E-state index in [-0.39, 0.29) is 17.7 Å². The van der Waals surface area contributed by atoms with Crippen LogP contribution in [0.5, 0.6) is 5.75 Å². The van der Waals surface area contributed by atoms with E-state index in [2.05, 4.69) is 37.5 Å². The van der Waals surface area contributed by atoms with Gasteiger partial charge in [-0.15, -0.1) is 6.58 Å². The predicted molar refractivity (Wildman–Crippen MR) is 129 cm³/mol. The van der Waals surface area contributed by atoms with E-state index in [1.165, 1.54) is 0 Å². The molecule has 0 spiro atoms. The van der Waals surface area contributed by atoms with Crippen LogP contribution in [0, 0.1) is 5.92 Å². The van der Waals surface area contributed by atoms with Gasteiger partial charge >= 0.3 is 0 Å². The van der Waals surface area contributed by atoms with E-state index < -0.39 is 0 Å². The molecular formula is C26H33ClN2O2. The molecule has 166 valence electrons. The molecule has 1 amide bonds. The molecule has 5 heteroatoms. The summed E-state index contributed by atoms with van der Waals surface area (Å²) < 4.78 is 5.33. The van der Waals surface area contributed by atoms with Crippen LogP contribution in [0.15, 0.2) is 55.1 Å². The summed E-state index contributed by atoms with van der Waals surface area (Å²) in [5.41, 5.74) is 3.23. The van der Waals surface area contributed by atoms with Gasteiger partial charge < -0.3 is 14.5 Å². The molecule has 1 aliphatic rings. The minimum Gasteiger partial charge on any atom is -0.497 e. The zero-order valence-electron chi connectivity index (χ0n) is 18.8. The molecule has 1 heterocycles. The second kappa shape index (κ2) is 10.8. The van der Waals surface area contributed by atoms with Crippen molar-refractivity contribution in [2.45, 2.75) is 32.6 Å². The molecule has 0 saturated heterocycles. The van der Waals surface area contributed by atoms with E-state index >= 15 is 0 Å². The highest BCUT2D eigenvalue weighted by atomic mass is 35.5. The molecule has 3 rings (SSSR count). The van der Waals surface area contributed by atoms with Crippen LogP contribution in [0.1, 0.15) is 37.3 Å². The summed E-state index contributed by atoms with van der Waals surface area (Å²) in [7, 11) is 1.66. The Bertz CT molecular complexity index is 893. The maximum Gasteiger partial charge on any atom is 0.231 e. The number of ether oxygens (including phenoxy) is 1. The van der Waals surface area contributed by atoms with Crippen LogP contribution in [0.2, 0.25) is 5.02 Å². The summed E-state index contributed by atoms with van der Waals surface area (Å²) in [6, 6.07) is 14.0. The van der Waals surface area contributed by atoms with E-state index in [1.807, 2.05) is 41.3 Å². The van der Waals surface area contributed by atoms with Gasteiger partial charge in [0.25, 0.3) is 0 Å². The van der Waals surface area contributed by atoms with Gasteiger partial charge in [-0.25, -0.2) is 0 Å². The molecule has 4 nitrogen and oxygen atoms in total. The van der Waals surface area contributed by atoms with Gasteiger partial charge in [0.1, 0.15) is 5.75 Å². The molecule has 0 N–H and O–H groups in total. The van der Waals surface area contributed by atoms with E-state index in [1.54, 1.807) is 7.11 Å². The Morgan fingerprint density at radius 1 is 1.19 bits per heavy atom. The van der Waals surface area contributed by atoms with Crippen LogP contribution >= 0.6 is 11.6 Å². The van der Waals surface area contributed by atoms with Gasteiger partial charge in [0.15, 0.2) is 0 Å². The first-order chi connectivity index (χ1) is 15.0. The van der Waals surface area contributed by atoms with Crippen molar-refractivity contribution in [3.05, 3.63) is 71.3 Å². The van der Waals surface area contributed by atoms with Gasteiger partial charge in [0.2, 0.25) is 5.91 Å². The molecule has 1 aliphatic heterocycles. The monoisotopic (exact) mass is 440 g/mol. The third-order valence-electron chi connectivity index (χ3n) is 6.34. The predicted octanol–water partition coefficient (Wildman–Crippen LogP) is 5.56. The van der Waals surface area contributed by atoms with Crippen molar-refractivity contribution in [3.63, 3.8) is 0 Å². The zero-order valence-corrected chi connectivity index (χ0v) is 19.6. The fourth-order valence-corrected chi connectivity index (χ4v) is 4.70. The topological polar surface area (TPSA) is 32.8 Å². The van der Waals surface area contributed by atoms with Crippen molar-refractivity contribution >= 4 is 23.2 Å². The molecule has 0 aromatic heterocycles. The number of carbonyl (C=O) groups excluding carboxylic acids is 1. The summed E-state index contributed by atoms with van der Waals surface area (Å²) in [4.78, 5) is 18.2. The van der Waals surface area contributed by atoms with Crippen LogP contribution in [-0.4, -0.2) is 44.1 Å². The number of rotatable bonds is 9. The summed E-state index contributed by atoms with van der Waals surface area (Å²) in [6.45, 7) is 11.7. The average molecular weight is 441 g/mol. The minimum absolute atomic E-state index is 0.0482. The third-order valence-corrected chi connectivity index (χ3v) is 6.58. The van der Waals surface area contributed by atoms with Gasteiger partial charge in [0.05, 0.1) is 7.11 Å². The van der Waals surface area contributed by atoms with Crippen LogP contribution < -0.4 is 9.64 Å². The number of nitrogens with zero attached hydrogens (tertiary/aromatic N) is 2. The number of anilines is 1. The highest BCUT2D eigenvalue weighted by Crippen LogP contribution is 2.40. The first kappa shape index (κ1) is 23.4. The highest BCUT2D eigenvalue weighted by Gasteiger charge is 2.37. The molecule has 31 heavy (non-hydrogen) atoms. The van der Waals surface area contributed by atoms with Crippen LogP contribution in [-0.2, 0) is 11.2 Å². The van der Waals surface area contributed by atoms with Crippen LogP contribution in [0.4, 0.5) is 5.69 Å². The lowest BCUT2D eigenvalue weighted by Gasteiger charge is -2.30. The summed E-state index contributed by atoms with van der Waals surface area (Å²) >= 11 is 6.37. The number of hydrogen-bond donors (Lipinski definition) is 0. The molecule has 0 radical (unpaired) electrons. The van der Waals surface area contributed by atoms with Crippen molar-refractivity contribution in [2.75, 3.05) is 38.2 Å². The Labute approximate surface area is 191 Å². The van der Waals surface area contributed by atoms with Gasteiger partial charge in [-0.2, -0.15) is 0 Å². The SMILES string of the molecule is C=CC[C@H]1C(=O)N(CCN(CC)CC)c2ccc(Cl)cc2C[C@H]1c1ccc(OC)cc1. The number of methoxy groups -OCH3 is 1. The Morgan fingerprint density at radius 3 is 2.52 bits per heavy atom. The molecule has 0 saturated carbocycles. The Balaban J connectivity index is 2.03. The van der Waals surface area contributed by atoms with Gasteiger partial charge in [-0.1, -0.05) is 43.7 Å². The highest BCUT2D eigenvalue weighted by molar-refractivity contribution is 6.30. The summed E-state index contributed by atoms with van der Waals surface area (Å²) in [5.74, 6) is 0.850. The number of allylic oxidation sites excluding steroid dienone is 1. The lowest BCUT2D eigenvalue weighted by molar-refractivity contribution is -0.122. The molecule has 2 aromatic rings. The summed E-state index contributed by atoms with van der Waals surface area (Å²) in [6.07, 6.45) is 3.26. The first-order valence-corrected chi connectivity index (χ1v) is 11.5. The average Bonchev–Trinajstić information content (AvgIpc) is 2.90. The van der Waals surface area contributed by atoms with Gasteiger partial charge in [-0.05, 0) is 73.3 Å². The molecule has 0 fully saturated rings. The van der Waals surface area contributed by atoms with Crippen LogP contribution in [0.3, 0.4) is 0 Å². The molecule has 0 bridgehead atoms. The number of benzene rings is 2. The van der Waals surface area contributed by atoms with E-state index in [9.17, 15) is 4.79 Å². The fraction of sp³-hybridized carbons (Fsp3) is 0.423. The number of likely N-dealkylation sites (N-methyl/N-ethyl adjacent to an activating group) is 1. The molecule has 0 unspecified atom stereocenters. The smallest absolute Gasteiger partial charge is 0.231 e. The van der Waals surface area contributed by atoms with Crippen molar-refractivity contribution in [3.8, 4) is 5.75 Å². The number of halogens is 1. The second-order valence-electron chi connectivity index (χ2n) is 8.00. The van der Waals surface area contributed by atoms with E-state index in [4.69, 9.17) is 16.3 Å². The van der Waals surface area contributed by atoms with Crippen molar-refractivity contribution in [1.82, 2.24) is 4.90 Å². The zero-order chi connectivity index (χ0) is 22.4. The fourth-order valence-electron chi connectivity index (χ4n) is 4.51. The number of amides is 1. The number of carbonyl (C=O) groups is 1. The van der Waals surface area contributed by atoms with Gasteiger partial charge in [-0.3, -0.25) is 4.79 Å². The Morgan fingerprint density at radius 2 is 1.90 bits per heavy atom. The van der Waals surface area contributed by atoms with Crippen molar-refractivity contribution in [2.24, 2.45) is 5.92 Å². The Hall–Kier alpha value is -2.30. The lowest BCUT2D eigenvalue weighted by atomic mass is 9.80. The van der Waals surface area contributed by atoms with E-state index in [0.29, 0.717) is 18.0 Å². The van der Waals surface area contributed by atoms with Crippen molar-refractivity contribution < 1.29 is 9.53 Å². The first-order valence-electron chi connectivity index (χ1n) is 11.1. The normalized spacial score (nSPS) is 18.6. The molecule has 2 atom stereocenters. The molecule has 0 aliphatic carbocycles. The minimum atomic E-state index is -0.172. The quantitative estimate of drug-likeness (QED) is 0.479. The third kappa shape index (κ3) is 5.31. The number of hydrogen-bond acceptors (Lipinski definition) is 3. The molecule has 2 aromatic carbocycles. The van der Waals surface area contributed by atoms with Crippen molar-refractivity contribution in [1.29, 1.82) is 0 Å². The lowest BCUT2D eigenvalue weighted by Crippen LogP contribution is -2.42. The van der Waals surface area contributed by atoms with Gasteiger partial charge in [0, 0.05) is 29.7 Å². The maximum atomic E-state index is 13.9. The standard InChI is InChI=1S/C26H33ClN2O2/c1-5-8-23-24(19-9-12-22(31-4)13-10-19)18-20-17-21(27)11-14-25(20)29(26(23)30)16-15-28(6-2)7-3/h5,9-14,17,23-24H,1,6-8,15-16,18H2,2-4H3/t23-,24+/m1/s1. The molecular weight excluding hydrogens is 408 g/mol. The number of fused-ring (bicyclic) bond motifs is 1. The van der Waals surface area contributed by atoms with E-state index in [0.717, 1.165) is 48.6 Å². The van der Waals surface area contributed by atoms with Crippen LogP contribution in [0.25, 0.3) is 0 Å². The summed E-state index contributed by atoms with van der Waals surface area (Å²) in [5, 5.41) is 0.700. The largest absolute Gasteiger partial charge is 0.497 e.